The number of benzene rings is 1. The lowest BCUT2D eigenvalue weighted by molar-refractivity contribution is 0.212. The van der Waals surface area contributed by atoms with E-state index in [0.717, 1.165) is 21.7 Å². The number of hydrogen-bond acceptors (Lipinski definition) is 3. The molecule has 0 bridgehead atoms. The Balaban J connectivity index is 2.52. The summed E-state index contributed by atoms with van der Waals surface area (Å²) in [5.74, 6) is 0.825. The van der Waals surface area contributed by atoms with Gasteiger partial charge in [-0.2, -0.15) is 0 Å². The molecular weight excluding hydrogens is 262 g/mol. The lowest BCUT2D eigenvalue weighted by atomic mass is 10.0. The van der Waals surface area contributed by atoms with Crippen LogP contribution in [-0.4, -0.2) is 9.50 Å². The van der Waals surface area contributed by atoms with Gasteiger partial charge in [0.05, 0.1) is 0 Å². The average molecular weight is 272 g/mol. The van der Waals surface area contributed by atoms with Crippen LogP contribution in [0.5, 0.6) is 5.75 Å². The van der Waals surface area contributed by atoms with Crippen LogP contribution in [0.15, 0.2) is 18.2 Å². The minimum atomic E-state index is -0.768. The Hall–Kier alpha value is -0.450. The van der Waals surface area contributed by atoms with E-state index in [9.17, 15) is 0 Å². The fourth-order valence-corrected chi connectivity index (χ4v) is 2.28. The van der Waals surface area contributed by atoms with Crippen molar-refractivity contribution in [1.29, 1.82) is 0 Å². The molecule has 1 aromatic rings. The summed E-state index contributed by atoms with van der Waals surface area (Å²) in [5.41, 5.74) is 8.00. The van der Waals surface area contributed by atoms with Crippen molar-refractivity contribution in [2.45, 2.75) is 18.0 Å². The van der Waals surface area contributed by atoms with Crippen molar-refractivity contribution in [2.75, 3.05) is 0 Å². The monoisotopic (exact) mass is 271 g/mol. The molecule has 0 saturated heterocycles. The summed E-state index contributed by atoms with van der Waals surface area (Å²) in [6.45, 7) is 1.91. The molecule has 0 aromatic heterocycles. The van der Waals surface area contributed by atoms with Crippen LogP contribution >= 0.6 is 28.1 Å². The first-order valence-corrected chi connectivity index (χ1v) is 5.49. The highest BCUT2D eigenvalue weighted by Gasteiger charge is 2.34. The molecule has 0 spiro atoms. The van der Waals surface area contributed by atoms with Crippen molar-refractivity contribution in [1.82, 2.24) is 0 Å². The van der Waals surface area contributed by atoms with Crippen LogP contribution in [0.1, 0.15) is 18.1 Å². The summed E-state index contributed by atoms with van der Waals surface area (Å²) < 4.78 is 4.75. The fourth-order valence-electron chi connectivity index (χ4n) is 1.63. The minimum absolute atomic E-state index is 0.645. The van der Waals surface area contributed by atoms with Gasteiger partial charge in [0, 0.05) is 16.8 Å². The number of ether oxygens (including phenoxy) is 1. The van der Waals surface area contributed by atoms with E-state index in [-0.39, 0.29) is 0 Å². The molecule has 2 N–H and O–H groups in total. The molecule has 0 fully saturated rings. The molecule has 4 heteroatoms. The second-order valence-corrected chi connectivity index (χ2v) is 5.36. The highest BCUT2D eigenvalue weighted by Crippen LogP contribution is 2.37. The van der Waals surface area contributed by atoms with Crippen molar-refractivity contribution in [3.63, 3.8) is 0 Å². The molecule has 74 valence electrons. The third kappa shape index (κ3) is 1.69. The number of fused-ring (bicyclic) bond motifs is 1. The number of rotatable bonds is 1. The van der Waals surface area contributed by atoms with Gasteiger partial charge in [0.25, 0.3) is 0 Å². The van der Waals surface area contributed by atoms with Gasteiger partial charge in [-0.25, -0.2) is 0 Å². The summed E-state index contributed by atoms with van der Waals surface area (Å²) in [6.07, 6.45) is 0.645. The fraction of sp³-hybridized carbons (Fsp3) is 0.300. The van der Waals surface area contributed by atoms with Crippen LogP contribution in [0, 0.1) is 0 Å². The molecule has 1 unspecified atom stereocenters. The van der Waals surface area contributed by atoms with E-state index in [1.807, 2.05) is 25.1 Å². The molecule has 1 aromatic carbocycles. The average Bonchev–Trinajstić information content (AvgIpc) is 2.36. The normalized spacial score (nSPS) is 24.2. The van der Waals surface area contributed by atoms with Gasteiger partial charge in [-0.1, -0.05) is 24.4 Å². The Labute approximate surface area is 96.6 Å². The number of nitrogens with two attached hydrogens (primary N) is 1. The topological polar surface area (TPSA) is 35.2 Å². The largest absolute Gasteiger partial charge is 0.463 e. The molecule has 1 heterocycles. The highest BCUT2D eigenvalue weighted by molar-refractivity contribution is 9.10. The van der Waals surface area contributed by atoms with Crippen molar-refractivity contribution in [3.05, 3.63) is 29.3 Å². The van der Waals surface area contributed by atoms with Crippen LogP contribution in [-0.2, 0) is 6.42 Å². The van der Waals surface area contributed by atoms with E-state index in [2.05, 4.69) is 15.9 Å². The zero-order valence-electron chi connectivity index (χ0n) is 7.71. The molecule has 1 atom stereocenters. The number of alkyl halides is 1. The number of hydrogen-bond donors (Lipinski definition) is 1. The maximum absolute atomic E-state index is 5.85. The molecule has 1 aliphatic rings. The minimum Gasteiger partial charge on any atom is -0.463 e. The first kappa shape index (κ1) is 10.1. The molecule has 14 heavy (non-hydrogen) atoms. The quantitative estimate of drug-likeness (QED) is 0.369. The molecule has 2 nitrogen and oxygen atoms in total. The van der Waals surface area contributed by atoms with E-state index in [1.165, 1.54) is 0 Å². The summed E-state index contributed by atoms with van der Waals surface area (Å²) in [4.78, 5) is 0.871. The van der Waals surface area contributed by atoms with Crippen LogP contribution < -0.4 is 10.5 Å². The maximum atomic E-state index is 5.85. The third-order valence-corrected chi connectivity index (χ3v) is 2.87. The Morgan fingerprint density at radius 1 is 1.64 bits per heavy atom. The van der Waals surface area contributed by atoms with E-state index in [1.54, 1.807) is 0 Å². The second kappa shape index (κ2) is 3.29. The molecule has 0 aliphatic carbocycles. The van der Waals surface area contributed by atoms with E-state index in [4.69, 9.17) is 22.7 Å². The van der Waals surface area contributed by atoms with Crippen LogP contribution in [0.4, 0.5) is 0 Å². The third-order valence-electron chi connectivity index (χ3n) is 2.21. The molecule has 1 aliphatic heterocycles. The van der Waals surface area contributed by atoms with Gasteiger partial charge in [-0.05, 0) is 34.5 Å². The van der Waals surface area contributed by atoms with Gasteiger partial charge in [0.2, 0.25) is 4.63 Å². The lowest BCUT2D eigenvalue weighted by Crippen LogP contribution is -2.37. The summed E-state index contributed by atoms with van der Waals surface area (Å²) >= 11 is 8.49. The van der Waals surface area contributed by atoms with E-state index < -0.39 is 4.63 Å². The lowest BCUT2D eigenvalue weighted by Gasteiger charge is -2.13. The first-order chi connectivity index (χ1) is 6.49. The summed E-state index contributed by atoms with van der Waals surface area (Å²) in [5, 5.41) is 0. The highest BCUT2D eigenvalue weighted by atomic mass is 79.9. The van der Waals surface area contributed by atoms with Gasteiger partial charge >= 0.3 is 0 Å². The van der Waals surface area contributed by atoms with Gasteiger partial charge in [0.1, 0.15) is 5.75 Å². The molecule has 2 rings (SSSR count). The van der Waals surface area contributed by atoms with Gasteiger partial charge in [-0.15, -0.1) is 0 Å². The smallest absolute Gasteiger partial charge is 0.219 e. The van der Waals surface area contributed by atoms with E-state index in [0.29, 0.717) is 6.42 Å². The van der Waals surface area contributed by atoms with Crippen molar-refractivity contribution < 1.29 is 4.74 Å². The van der Waals surface area contributed by atoms with Crippen LogP contribution in [0.2, 0.25) is 0 Å². The molecule has 0 amide bonds. The van der Waals surface area contributed by atoms with Crippen molar-refractivity contribution in [3.8, 4) is 5.75 Å². The zero-order valence-corrected chi connectivity index (χ0v) is 10.1. The van der Waals surface area contributed by atoms with Crippen molar-refractivity contribution >= 4 is 33.0 Å². The predicted octanol–water partition coefficient (Wildman–Crippen LogP) is 2.37. The maximum Gasteiger partial charge on any atom is 0.219 e. The molecule has 0 saturated carbocycles. The Kier molecular flexibility index (Phi) is 2.37. The number of halogens is 1. The Bertz CT molecular complexity index is 403. The zero-order chi connectivity index (χ0) is 10.3. The SMILES string of the molecule is CC(=S)c1cccc2c1CC(N)(Br)O2. The van der Waals surface area contributed by atoms with E-state index >= 15 is 0 Å². The first-order valence-electron chi connectivity index (χ1n) is 4.29. The van der Waals surface area contributed by atoms with Gasteiger partial charge in [0.15, 0.2) is 0 Å². The molecular formula is C10H10BrNOS. The van der Waals surface area contributed by atoms with Crippen molar-refractivity contribution in [2.24, 2.45) is 5.73 Å². The second-order valence-electron chi connectivity index (χ2n) is 3.40. The molecule has 0 radical (unpaired) electrons. The summed E-state index contributed by atoms with van der Waals surface area (Å²) in [6, 6.07) is 5.84. The van der Waals surface area contributed by atoms with Crippen LogP contribution in [0.3, 0.4) is 0 Å². The van der Waals surface area contributed by atoms with Gasteiger partial charge in [-0.3, -0.25) is 5.73 Å². The predicted molar refractivity (Wildman–Crippen MR) is 64.0 cm³/mol. The van der Waals surface area contributed by atoms with Crippen LogP contribution in [0.25, 0.3) is 0 Å². The standard InChI is InChI=1S/C10H10BrNOS/c1-6(14)7-3-2-4-9-8(7)5-10(11,12)13-9/h2-4H,5,12H2,1H3. The number of thiocarbonyl (C=S) groups is 1. The van der Waals surface area contributed by atoms with Gasteiger partial charge < -0.3 is 4.74 Å². The Morgan fingerprint density at radius 3 is 3.00 bits per heavy atom. The Morgan fingerprint density at radius 2 is 2.36 bits per heavy atom. The summed E-state index contributed by atoms with van der Waals surface area (Å²) in [7, 11) is 0.